The van der Waals surface area contributed by atoms with Gasteiger partial charge in [0.15, 0.2) is 5.78 Å². The maximum atomic E-state index is 13.4. The third kappa shape index (κ3) is 3.37. The first-order chi connectivity index (χ1) is 11.7. The molecule has 2 saturated carbocycles. The lowest BCUT2D eigenvalue weighted by Gasteiger charge is -2.44. The van der Waals surface area contributed by atoms with Crippen molar-refractivity contribution in [1.29, 1.82) is 0 Å². The van der Waals surface area contributed by atoms with Crippen LogP contribution in [0.5, 0.6) is 5.75 Å². The van der Waals surface area contributed by atoms with Crippen LogP contribution in [0.1, 0.15) is 74.6 Å². The second kappa shape index (κ2) is 7.69. The molecule has 0 amide bonds. The lowest BCUT2D eigenvalue weighted by molar-refractivity contribution is -0.0625. The Hall–Kier alpha value is -1.35. The van der Waals surface area contributed by atoms with E-state index in [9.17, 15) is 9.90 Å². The van der Waals surface area contributed by atoms with Gasteiger partial charge in [0, 0.05) is 5.56 Å². The average Bonchev–Trinajstić information content (AvgIpc) is 2.68. The van der Waals surface area contributed by atoms with Gasteiger partial charge in [-0.05, 0) is 61.8 Å². The molecule has 0 unspecified atom stereocenters. The second-order valence-electron chi connectivity index (χ2n) is 7.55. The van der Waals surface area contributed by atoms with Gasteiger partial charge in [0.2, 0.25) is 0 Å². The molecule has 24 heavy (non-hydrogen) atoms. The van der Waals surface area contributed by atoms with Crippen LogP contribution in [0.25, 0.3) is 0 Å². The molecule has 2 aliphatic rings. The van der Waals surface area contributed by atoms with E-state index >= 15 is 0 Å². The summed E-state index contributed by atoms with van der Waals surface area (Å²) < 4.78 is 5.19. The molecule has 0 spiro atoms. The third-order valence-corrected chi connectivity index (χ3v) is 6.17. The Morgan fingerprint density at radius 3 is 1.79 bits per heavy atom. The lowest BCUT2D eigenvalue weighted by Crippen LogP contribution is -2.53. The van der Waals surface area contributed by atoms with Crippen LogP contribution in [0.4, 0.5) is 0 Å². The summed E-state index contributed by atoms with van der Waals surface area (Å²) in [5.74, 6) is 0.905. The zero-order valence-corrected chi connectivity index (χ0v) is 14.8. The Balaban J connectivity index is 1.90. The molecule has 2 fully saturated rings. The highest BCUT2D eigenvalue weighted by molar-refractivity contribution is 6.03. The number of ketones is 1. The summed E-state index contributed by atoms with van der Waals surface area (Å²) in [7, 11) is 1.62. The number of Topliss-reactive ketones (excluding diaryl/α,β-unsaturated/α-hetero) is 1. The number of benzene rings is 1. The molecule has 3 nitrogen and oxygen atoms in total. The van der Waals surface area contributed by atoms with Crippen molar-refractivity contribution < 1.29 is 14.6 Å². The maximum absolute atomic E-state index is 13.4. The fourth-order valence-electron chi connectivity index (χ4n) is 4.76. The van der Waals surface area contributed by atoms with Crippen molar-refractivity contribution >= 4 is 5.78 Å². The predicted molar refractivity (Wildman–Crippen MR) is 95.4 cm³/mol. The first-order valence-corrected chi connectivity index (χ1v) is 9.57. The van der Waals surface area contributed by atoms with Gasteiger partial charge in [0.1, 0.15) is 11.4 Å². The fraction of sp³-hybridized carbons (Fsp3) is 0.667. The van der Waals surface area contributed by atoms with Gasteiger partial charge in [-0.1, -0.05) is 38.5 Å². The Morgan fingerprint density at radius 2 is 1.38 bits per heavy atom. The summed E-state index contributed by atoms with van der Waals surface area (Å²) in [4.78, 5) is 13.4. The zero-order valence-electron chi connectivity index (χ0n) is 14.8. The molecule has 1 N–H and O–H groups in total. The maximum Gasteiger partial charge on any atom is 0.194 e. The molecule has 0 saturated heterocycles. The smallest absolute Gasteiger partial charge is 0.194 e. The minimum absolute atomic E-state index is 0.0658. The van der Waals surface area contributed by atoms with E-state index in [1.807, 2.05) is 12.1 Å². The lowest BCUT2D eigenvalue weighted by atomic mass is 9.63. The van der Waals surface area contributed by atoms with Gasteiger partial charge < -0.3 is 9.84 Å². The largest absolute Gasteiger partial charge is 0.497 e. The van der Waals surface area contributed by atoms with Crippen LogP contribution in [-0.4, -0.2) is 23.6 Å². The number of hydrogen-bond acceptors (Lipinski definition) is 3. The van der Waals surface area contributed by atoms with E-state index in [0.717, 1.165) is 57.1 Å². The molecule has 0 bridgehead atoms. The van der Waals surface area contributed by atoms with Crippen LogP contribution in [-0.2, 0) is 0 Å². The highest BCUT2D eigenvalue weighted by Crippen LogP contribution is 2.44. The first-order valence-electron chi connectivity index (χ1n) is 9.57. The van der Waals surface area contributed by atoms with E-state index < -0.39 is 5.60 Å². The Labute approximate surface area is 145 Å². The molecule has 0 aromatic heterocycles. The summed E-state index contributed by atoms with van der Waals surface area (Å²) in [5.41, 5.74) is -0.565. The minimum Gasteiger partial charge on any atom is -0.497 e. The van der Waals surface area contributed by atoms with Crippen molar-refractivity contribution in [3.05, 3.63) is 29.8 Å². The topological polar surface area (TPSA) is 46.5 Å². The summed E-state index contributed by atoms with van der Waals surface area (Å²) in [5, 5.41) is 11.7. The Kier molecular flexibility index (Phi) is 5.60. The van der Waals surface area contributed by atoms with Gasteiger partial charge in [-0.2, -0.15) is 0 Å². The van der Waals surface area contributed by atoms with Crippen molar-refractivity contribution in [3.8, 4) is 5.75 Å². The number of carbonyl (C=O) groups is 1. The Bertz CT molecular complexity index is 519. The van der Waals surface area contributed by atoms with Crippen molar-refractivity contribution in [1.82, 2.24) is 0 Å². The number of ether oxygens (including phenoxy) is 1. The molecule has 1 aromatic rings. The van der Waals surface area contributed by atoms with Crippen LogP contribution in [0.15, 0.2) is 24.3 Å². The van der Waals surface area contributed by atoms with Gasteiger partial charge in [-0.3, -0.25) is 4.79 Å². The van der Waals surface area contributed by atoms with Crippen molar-refractivity contribution in [2.24, 2.45) is 11.8 Å². The third-order valence-electron chi connectivity index (χ3n) is 6.17. The molecule has 0 aliphatic heterocycles. The summed E-state index contributed by atoms with van der Waals surface area (Å²) in [6, 6.07) is 7.24. The number of aliphatic hydroxyl groups is 1. The first kappa shape index (κ1) is 17.5. The van der Waals surface area contributed by atoms with Gasteiger partial charge in [0.05, 0.1) is 7.11 Å². The van der Waals surface area contributed by atoms with Crippen LogP contribution in [0.3, 0.4) is 0 Å². The fourth-order valence-corrected chi connectivity index (χ4v) is 4.76. The van der Waals surface area contributed by atoms with Gasteiger partial charge in [-0.15, -0.1) is 0 Å². The van der Waals surface area contributed by atoms with E-state index in [0.29, 0.717) is 5.56 Å². The van der Waals surface area contributed by atoms with E-state index in [4.69, 9.17) is 4.74 Å². The molecule has 0 heterocycles. The van der Waals surface area contributed by atoms with Crippen LogP contribution in [0.2, 0.25) is 0 Å². The summed E-state index contributed by atoms with van der Waals surface area (Å²) in [6.45, 7) is 0. The Morgan fingerprint density at radius 1 is 0.917 bits per heavy atom. The average molecular weight is 330 g/mol. The van der Waals surface area contributed by atoms with Crippen molar-refractivity contribution in [2.45, 2.75) is 69.8 Å². The second-order valence-corrected chi connectivity index (χ2v) is 7.55. The van der Waals surface area contributed by atoms with Gasteiger partial charge in [-0.25, -0.2) is 0 Å². The number of hydrogen-bond donors (Lipinski definition) is 1. The highest BCUT2D eigenvalue weighted by Gasteiger charge is 2.49. The summed E-state index contributed by atoms with van der Waals surface area (Å²) >= 11 is 0. The molecule has 1 aromatic carbocycles. The van der Waals surface area contributed by atoms with E-state index in [1.165, 1.54) is 12.8 Å². The standard InChI is InChI=1S/C21H30O3/c1-24-19-14-12-16(13-15-19)20(22)21(23,17-8-4-2-5-9-17)18-10-6-3-7-11-18/h12-15,17-18,23H,2-11H2,1H3. The van der Waals surface area contributed by atoms with Crippen LogP contribution < -0.4 is 4.74 Å². The predicted octanol–water partition coefficient (Wildman–Crippen LogP) is 4.77. The van der Waals surface area contributed by atoms with E-state index in [-0.39, 0.29) is 17.6 Å². The molecule has 0 radical (unpaired) electrons. The quantitative estimate of drug-likeness (QED) is 0.791. The monoisotopic (exact) mass is 330 g/mol. The molecule has 2 aliphatic carbocycles. The van der Waals surface area contributed by atoms with Crippen LogP contribution in [0, 0.1) is 11.8 Å². The zero-order chi connectivity index (χ0) is 17.0. The molecule has 0 atom stereocenters. The van der Waals surface area contributed by atoms with E-state index in [2.05, 4.69) is 0 Å². The number of carbonyl (C=O) groups excluding carboxylic acids is 1. The van der Waals surface area contributed by atoms with Crippen molar-refractivity contribution in [2.75, 3.05) is 7.11 Å². The number of methoxy groups -OCH3 is 1. The van der Waals surface area contributed by atoms with Crippen molar-refractivity contribution in [3.63, 3.8) is 0 Å². The molecule has 132 valence electrons. The minimum atomic E-state index is -1.19. The highest BCUT2D eigenvalue weighted by atomic mass is 16.5. The molecule has 3 rings (SSSR count). The SMILES string of the molecule is COc1ccc(C(=O)C(O)(C2CCCCC2)C2CCCCC2)cc1. The van der Waals surface area contributed by atoms with Gasteiger partial charge >= 0.3 is 0 Å². The van der Waals surface area contributed by atoms with E-state index in [1.54, 1.807) is 19.2 Å². The van der Waals surface area contributed by atoms with Gasteiger partial charge in [0.25, 0.3) is 0 Å². The van der Waals surface area contributed by atoms with Crippen LogP contribution >= 0.6 is 0 Å². The molecular weight excluding hydrogens is 300 g/mol. The number of rotatable bonds is 5. The molecule has 3 heteroatoms. The molecular formula is C21H30O3. The summed E-state index contributed by atoms with van der Waals surface area (Å²) in [6.07, 6.45) is 10.9. The normalized spacial score (nSPS) is 20.8.